The monoisotopic (exact) mass is 428 g/mol. The van der Waals surface area contributed by atoms with Crippen molar-refractivity contribution in [1.82, 2.24) is 10.3 Å². The Morgan fingerprint density at radius 1 is 1.03 bits per heavy atom. The largest absolute Gasteiger partial charge is 0.461 e. The summed E-state index contributed by atoms with van der Waals surface area (Å²) in [5.41, 5.74) is 11.9. The summed E-state index contributed by atoms with van der Waals surface area (Å²) in [5, 5.41) is 7.90. The van der Waals surface area contributed by atoms with Crippen molar-refractivity contribution in [3.63, 3.8) is 0 Å². The minimum atomic E-state index is -0.356. The number of nitrogen functional groups attached to an aromatic ring is 1. The van der Waals surface area contributed by atoms with Crippen LogP contribution in [0.25, 0.3) is 21.8 Å². The van der Waals surface area contributed by atoms with E-state index in [-0.39, 0.29) is 18.5 Å². The Kier molecular flexibility index (Phi) is 5.64. The second-order valence-electron chi connectivity index (χ2n) is 7.61. The van der Waals surface area contributed by atoms with Crippen molar-refractivity contribution >= 4 is 50.7 Å². The fraction of sp³-hybridized carbons (Fsp3) is 0.160. The van der Waals surface area contributed by atoms with Gasteiger partial charge in [-0.3, -0.25) is 9.59 Å². The zero-order valence-corrected chi connectivity index (χ0v) is 18.2. The molecule has 7 nitrogen and oxygen atoms in total. The van der Waals surface area contributed by atoms with Gasteiger partial charge < -0.3 is 21.1 Å². The summed E-state index contributed by atoms with van der Waals surface area (Å²) in [7, 11) is 1.60. The van der Waals surface area contributed by atoms with Gasteiger partial charge >= 0.3 is 5.97 Å². The Bertz CT molecular complexity index is 1360. The highest BCUT2D eigenvalue weighted by Gasteiger charge is 2.16. The lowest BCUT2D eigenvalue weighted by Crippen LogP contribution is -2.18. The molecule has 1 heterocycles. The fourth-order valence-electron chi connectivity index (χ4n) is 3.79. The molecule has 4 N–H and O–H groups in total. The lowest BCUT2D eigenvalue weighted by Gasteiger charge is -2.17. The predicted octanol–water partition coefficient (Wildman–Crippen LogP) is 4.44. The van der Waals surface area contributed by atoms with Crippen LogP contribution in [0.5, 0.6) is 0 Å². The number of carbonyl (C=O) groups is 2. The number of aryl methyl sites for hydroxylation is 1. The van der Waals surface area contributed by atoms with Gasteiger partial charge in [0.2, 0.25) is 0 Å². The van der Waals surface area contributed by atoms with E-state index in [0.29, 0.717) is 16.8 Å². The minimum Gasteiger partial charge on any atom is -0.461 e. The second kappa shape index (κ2) is 8.55. The molecule has 0 unspecified atom stereocenters. The van der Waals surface area contributed by atoms with Crippen LogP contribution >= 0.6 is 0 Å². The lowest BCUT2D eigenvalue weighted by atomic mass is 10.0. The Hall–Kier alpha value is -4.13. The number of pyridine rings is 1. The molecule has 0 aliphatic heterocycles. The molecule has 0 spiro atoms. The van der Waals surface area contributed by atoms with E-state index in [9.17, 15) is 9.59 Å². The summed E-state index contributed by atoms with van der Waals surface area (Å²) in [6, 6.07) is 17.0. The number of hydrogen-bond donors (Lipinski definition) is 3. The van der Waals surface area contributed by atoms with Gasteiger partial charge in [-0.15, -0.1) is 0 Å². The number of fused-ring (bicyclic) bond motifs is 2. The number of nitrogens with two attached hydrogens (primary N) is 1. The molecular weight excluding hydrogens is 404 g/mol. The molecule has 4 rings (SSSR count). The van der Waals surface area contributed by atoms with Gasteiger partial charge in [0.25, 0.3) is 5.91 Å². The van der Waals surface area contributed by atoms with E-state index < -0.39 is 0 Å². The number of nitrogens with zero attached hydrogens (tertiary/aromatic N) is 1. The number of esters is 1. The molecule has 0 aliphatic carbocycles. The van der Waals surface area contributed by atoms with E-state index in [1.807, 2.05) is 49.4 Å². The van der Waals surface area contributed by atoms with Gasteiger partial charge in [-0.25, -0.2) is 4.98 Å². The van der Waals surface area contributed by atoms with Crippen molar-refractivity contribution in [3.8, 4) is 0 Å². The van der Waals surface area contributed by atoms with Crippen LogP contribution in [-0.2, 0) is 16.1 Å². The van der Waals surface area contributed by atoms with Crippen molar-refractivity contribution in [3.05, 3.63) is 71.3 Å². The highest BCUT2D eigenvalue weighted by molar-refractivity contribution is 6.15. The van der Waals surface area contributed by atoms with Gasteiger partial charge in [-0.2, -0.15) is 0 Å². The third kappa shape index (κ3) is 4.05. The summed E-state index contributed by atoms with van der Waals surface area (Å²) >= 11 is 0. The van der Waals surface area contributed by atoms with Crippen molar-refractivity contribution in [2.24, 2.45) is 0 Å². The van der Waals surface area contributed by atoms with Crippen molar-refractivity contribution in [2.45, 2.75) is 20.5 Å². The van der Waals surface area contributed by atoms with Crippen LogP contribution in [0.3, 0.4) is 0 Å². The number of anilines is 3. The molecule has 3 aromatic carbocycles. The van der Waals surface area contributed by atoms with Gasteiger partial charge in [0.15, 0.2) is 0 Å². The molecule has 0 radical (unpaired) electrons. The zero-order chi connectivity index (χ0) is 22.8. The quantitative estimate of drug-likeness (QED) is 0.246. The number of para-hydroxylation sites is 2. The molecule has 0 saturated heterocycles. The molecule has 0 aliphatic rings. The lowest BCUT2D eigenvalue weighted by molar-refractivity contribution is -0.142. The van der Waals surface area contributed by atoms with Crippen LogP contribution in [0.2, 0.25) is 0 Å². The van der Waals surface area contributed by atoms with E-state index in [2.05, 4.69) is 10.6 Å². The second-order valence-corrected chi connectivity index (χ2v) is 7.61. The molecule has 4 aromatic rings. The molecule has 7 heteroatoms. The first-order valence-corrected chi connectivity index (χ1v) is 10.2. The van der Waals surface area contributed by atoms with Crippen molar-refractivity contribution < 1.29 is 14.3 Å². The number of benzene rings is 3. The first-order valence-electron chi connectivity index (χ1n) is 10.2. The van der Waals surface area contributed by atoms with Crippen LogP contribution in [0.4, 0.5) is 17.1 Å². The van der Waals surface area contributed by atoms with Crippen molar-refractivity contribution in [2.75, 3.05) is 18.1 Å². The Morgan fingerprint density at radius 2 is 1.75 bits per heavy atom. The first-order chi connectivity index (χ1) is 15.4. The summed E-state index contributed by atoms with van der Waals surface area (Å²) in [5.74, 6) is -0.556. The molecule has 0 bridgehead atoms. The third-order valence-electron chi connectivity index (χ3n) is 5.23. The van der Waals surface area contributed by atoms with Gasteiger partial charge in [0.05, 0.1) is 22.3 Å². The standard InChI is InChI=1S/C25H24N4O3/c1-14-6-4-7-19-22(14)29-24-20(8-5-9-21(24)25(31)27-3)23(19)28-18-11-16(10-17(26)12-18)13-32-15(2)30/h4-12H,13,26H2,1-3H3,(H,27,31)(H,28,29). The van der Waals surface area contributed by atoms with Crippen LogP contribution in [0.15, 0.2) is 54.6 Å². The molecule has 32 heavy (non-hydrogen) atoms. The third-order valence-corrected chi connectivity index (χ3v) is 5.23. The molecule has 1 amide bonds. The van der Waals surface area contributed by atoms with Gasteiger partial charge in [0, 0.05) is 36.1 Å². The zero-order valence-electron chi connectivity index (χ0n) is 18.2. The average Bonchev–Trinajstić information content (AvgIpc) is 2.77. The number of nitrogens with one attached hydrogen (secondary N) is 2. The first kappa shape index (κ1) is 21.1. The van der Waals surface area contributed by atoms with Crippen LogP contribution < -0.4 is 16.4 Å². The number of rotatable bonds is 5. The molecule has 0 saturated carbocycles. The Morgan fingerprint density at radius 3 is 2.47 bits per heavy atom. The molecule has 162 valence electrons. The normalized spacial score (nSPS) is 10.8. The fourth-order valence-corrected chi connectivity index (χ4v) is 3.79. The summed E-state index contributed by atoms with van der Waals surface area (Å²) in [6.07, 6.45) is 0. The SMILES string of the molecule is CNC(=O)c1cccc2c(Nc3cc(N)cc(COC(C)=O)c3)c3cccc(C)c3nc12. The van der Waals surface area contributed by atoms with Gasteiger partial charge in [0.1, 0.15) is 6.61 Å². The maximum atomic E-state index is 12.5. The van der Waals surface area contributed by atoms with E-state index in [1.54, 1.807) is 19.2 Å². The summed E-state index contributed by atoms with van der Waals surface area (Å²) in [6.45, 7) is 3.49. The summed E-state index contributed by atoms with van der Waals surface area (Å²) in [4.78, 5) is 28.6. The molecule has 1 aromatic heterocycles. The highest BCUT2D eigenvalue weighted by atomic mass is 16.5. The Labute approximate surface area is 185 Å². The van der Waals surface area contributed by atoms with Crippen molar-refractivity contribution in [1.29, 1.82) is 0 Å². The van der Waals surface area contributed by atoms with Gasteiger partial charge in [-0.1, -0.05) is 30.3 Å². The van der Waals surface area contributed by atoms with E-state index >= 15 is 0 Å². The van der Waals surface area contributed by atoms with Crippen LogP contribution in [0, 0.1) is 6.92 Å². The average molecular weight is 428 g/mol. The number of ether oxygens (including phenoxy) is 1. The number of aromatic nitrogens is 1. The maximum absolute atomic E-state index is 12.5. The van der Waals surface area contributed by atoms with Gasteiger partial charge in [-0.05, 0) is 42.3 Å². The molecule has 0 atom stereocenters. The molecule has 0 fully saturated rings. The Balaban J connectivity index is 1.92. The van der Waals surface area contributed by atoms with Crippen LogP contribution in [-0.4, -0.2) is 23.9 Å². The highest BCUT2D eigenvalue weighted by Crippen LogP contribution is 2.36. The maximum Gasteiger partial charge on any atom is 0.302 e. The number of amides is 1. The summed E-state index contributed by atoms with van der Waals surface area (Å²) < 4.78 is 5.12. The topological polar surface area (TPSA) is 106 Å². The van der Waals surface area contributed by atoms with E-state index in [0.717, 1.165) is 38.8 Å². The smallest absolute Gasteiger partial charge is 0.302 e. The predicted molar refractivity (Wildman–Crippen MR) is 127 cm³/mol. The van der Waals surface area contributed by atoms with E-state index in [1.165, 1.54) is 6.92 Å². The van der Waals surface area contributed by atoms with Crippen LogP contribution in [0.1, 0.15) is 28.4 Å². The molecular formula is C25H24N4O3. The minimum absolute atomic E-state index is 0.132. The van der Waals surface area contributed by atoms with E-state index in [4.69, 9.17) is 15.5 Å². The number of carbonyl (C=O) groups excluding carboxylic acids is 2. The number of hydrogen-bond acceptors (Lipinski definition) is 6.